The molecular weight excluding hydrogens is 336 g/mol. The van der Waals surface area contributed by atoms with Gasteiger partial charge >= 0.3 is 0 Å². The van der Waals surface area contributed by atoms with Crippen LogP contribution >= 0.6 is 0 Å². The summed E-state index contributed by atoms with van der Waals surface area (Å²) in [6.07, 6.45) is 7.30. The lowest BCUT2D eigenvalue weighted by Crippen LogP contribution is -2.23. The molecule has 0 spiro atoms. The predicted octanol–water partition coefficient (Wildman–Crippen LogP) is 2.36. The van der Waals surface area contributed by atoms with Crippen molar-refractivity contribution in [3.63, 3.8) is 0 Å². The maximum Gasteiger partial charge on any atom is 0.157 e. The van der Waals surface area contributed by atoms with E-state index in [2.05, 4.69) is 11.8 Å². The second-order valence-corrected chi connectivity index (χ2v) is 6.94. The van der Waals surface area contributed by atoms with Gasteiger partial charge in [-0.05, 0) is 64.2 Å². The van der Waals surface area contributed by atoms with Crippen molar-refractivity contribution >= 4 is 0 Å². The van der Waals surface area contributed by atoms with Gasteiger partial charge in [0.15, 0.2) is 12.6 Å². The summed E-state index contributed by atoms with van der Waals surface area (Å²) in [6, 6.07) is 0. The van der Waals surface area contributed by atoms with Crippen LogP contribution in [-0.2, 0) is 18.9 Å². The summed E-state index contributed by atoms with van der Waals surface area (Å²) >= 11 is 0. The molecule has 0 amide bonds. The lowest BCUT2D eigenvalue weighted by molar-refractivity contribution is -0.163. The first-order valence-electron chi connectivity index (χ1n) is 10.1. The Balaban J connectivity index is 1.45. The van der Waals surface area contributed by atoms with Gasteiger partial charge < -0.3 is 29.2 Å². The topological polar surface area (TPSA) is 77.4 Å². The third-order valence-corrected chi connectivity index (χ3v) is 4.54. The van der Waals surface area contributed by atoms with Crippen molar-refractivity contribution in [2.24, 2.45) is 0 Å². The van der Waals surface area contributed by atoms with E-state index in [1.54, 1.807) is 0 Å². The van der Waals surface area contributed by atoms with Crippen LogP contribution in [0.25, 0.3) is 0 Å². The molecule has 2 saturated heterocycles. The van der Waals surface area contributed by atoms with E-state index in [-0.39, 0.29) is 12.6 Å². The van der Waals surface area contributed by atoms with E-state index in [0.717, 1.165) is 64.6 Å². The minimum Gasteiger partial charge on any atom is -0.380 e. The van der Waals surface area contributed by atoms with E-state index >= 15 is 0 Å². The van der Waals surface area contributed by atoms with Crippen LogP contribution in [0, 0.1) is 11.8 Å². The molecule has 6 heteroatoms. The monoisotopic (exact) mass is 370 g/mol. The van der Waals surface area contributed by atoms with Gasteiger partial charge in [0.25, 0.3) is 0 Å². The zero-order valence-corrected chi connectivity index (χ0v) is 15.7. The molecule has 26 heavy (non-hydrogen) atoms. The Morgan fingerprint density at radius 1 is 0.769 bits per heavy atom. The van der Waals surface area contributed by atoms with Crippen molar-refractivity contribution in [3.05, 3.63) is 0 Å². The Hall–Kier alpha value is -0.680. The molecule has 0 radical (unpaired) electrons. The molecule has 0 aromatic heterocycles. The Kier molecular flexibility index (Phi) is 11.2. The fraction of sp³-hybridized carbons (Fsp3) is 0.900. The molecule has 2 aliphatic heterocycles. The highest BCUT2D eigenvalue weighted by molar-refractivity contribution is 5.08. The largest absolute Gasteiger partial charge is 0.380 e. The molecule has 0 aromatic rings. The average molecular weight is 370 g/mol. The SMILES string of the molecule is OC(C#CC(O)CCCOC1CCCCO1)CCCOC1CCCCO1. The normalized spacial score (nSPS) is 25.9. The van der Waals surface area contributed by atoms with Crippen LogP contribution in [0.4, 0.5) is 0 Å². The van der Waals surface area contributed by atoms with Gasteiger partial charge in [0.2, 0.25) is 0 Å². The number of aliphatic hydroxyl groups excluding tert-OH is 2. The van der Waals surface area contributed by atoms with Gasteiger partial charge in [-0.25, -0.2) is 0 Å². The van der Waals surface area contributed by atoms with E-state index in [1.807, 2.05) is 0 Å². The molecule has 2 heterocycles. The Bertz CT molecular complexity index is 370. The third-order valence-electron chi connectivity index (χ3n) is 4.54. The Labute approximate surface area is 157 Å². The lowest BCUT2D eigenvalue weighted by atomic mass is 10.1. The van der Waals surface area contributed by atoms with E-state index in [4.69, 9.17) is 18.9 Å². The Morgan fingerprint density at radius 2 is 1.23 bits per heavy atom. The summed E-state index contributed by atoms with van der Waals surface area (Å²) in [5.41, 5.74) is 0. The van der Waals surface area contributed by atoms with E-state index in [9.17, 15) is 10.2 Å². The maximum atomic E-state index is 9.86. The molecule has 150 valence electrons. The fourth-order valence-electron chi connectivity index (χ4n) is 3.00. The molecule has 6 nitrogen and oxygen atoms in total. The number of hydrogen-bond acceptors (Lipinski definition) is 6. The zero-order valence-electron chi connectivity index (χ0n) is 15.7. The first-order valence-corrected chi connectivity index (χ1v) is 10.1. The first kappa shape index (κ1) is 21.6. The molecule has 0 bridgehead atoms. The number of aliphatic hydroxyl groups is 2. The van der Waals surface area contributed by atoms with Gasteiger partial charge in [-0.2, -0.15) is 0 Å². The van der Waals surface area contributed by atoms with E-state index in [1.165, 1.54) is 0 Å². The van der Waals surface area contributed by atoms with E-state index in [0.29, 0.717) is 26.1 Å². The van der Waals surface area contributed by atoms with Gasteiger partial charge in [0, 0.05) is 26.4 Å². The average Bonchev–Trinajstić information content (AvgIpc) is 2.68. The predicted molar refractivity (Wildman–Crippen MR) is 97.3 cm³/mol. The molecule has 0 saturated carbocycles. The second kappa shape index (κ2) is 13.5. The van der Waals surface area contributed by atoms with Gasteiger partial charge in [-0.1, -0.05) is 11.8 Å². The van der Waals surface area contributed by atoms with Crippen LogP contribution in [0.2, 0.25) is 0 Å². The summed E-state index contributed by atoms with van der Waals surface area (Å²) in [7, 11) is 0. The van der Waals surface area contributed by atoms with Crippen molar-refractivity contribution in [1.82, 2.24) is 0 Å². The maximum absolute atomic E-state index is 9.86. The van der Waals surface area contributed by atoms with Crippen LogP contribution in [0.5, 0.6) is 0 Å². The van der Waals surface area contributed by atoms with Crippen molar-refractivity contribution in [2.75, 3.05) is 26.4 Å². The highest BCUT2D eigenvalue weighted by atomic mass is 16.7. The smallest absolute Gasteiger partial charge is 0.157 e. The highest BCUT2D eigenvalue weighted by Crippen LogP contribution is 2.15. The minimum atomic E-state index is -0.729. The molecule has 2 aliphatic rings. The summed E-state index contributed by atoms with van der Waals surface area (Å²) < 4.78 is 22.2. The highest BCUT2D eigenvalue weighted by Gasteiger charge is 2.14. The summed E-state index contributed by atoms with van der Waals surface area (Å²) in [6.45, 7) is 2.67. The van der Waals surface area contributed by atoms with Gasteiger partial charge in [0.05, 0.1) is 0 Å². The fourth-order valence-corrected chi connectivity index (χ4v) is 3.00. The van der Waals surface area contributed by atoms with Crippen LogP contribution in [0.15, 0.2) is 0 Å². The van der Waals surface area contributed by atoms with Crippen LogP contribution in [0.3, 0.4) is 0 Å². The van der Waals surface area contributed by atoms with Crippen molar-refractivity contribution < 1.29 is 29.2 Å². The van der Waals surface area contributed by atoms with Gasteiger partial charge in [-0.15, -0.1) is 0 Å². The summed E-state index contributed by atoms with van der Waals surface area (Å²) in [5, 5.41) is 19.7. The molecule has 0 aromatic carbocycles. The standard InChI is InChI=1S/C20H34O6/c21-17(7-5-15-25-19-9-1-3-13-23-19)11-12-18(22)8-6-16-26-20-10-2-4-14-24-20/h17-22H,1-10,13-16H2. The third kappa shape index (κ3) is 9.86. The molecule has 4 atom stereocenters. The van der Waals surface area contributed by atoms with Gasteiger partial charge in [0.1, 0.15) is 12.2 Å². The van der Waals surface area contributed by atoms with Crippen LogP contribution in [0.1, 0.15) is 64.2 Å². The first-order chi connectivity index (χ1) is 12.7. The van der Waals surface area contributed by atoms with Crippen molar-refractivity contribution in [3.8, 4) is 11.8 Å². The lowest BCUT2D eigenvalue weighted by Gasteiger charge is -2.22. The molecule has 4 unspecified atom stereocenters. The summed E-state index contributed by atoms with van der Waals surface area (Å²) in [5.74, 6) is 5.43. The summed E-state index contributed by atoms with van der Waals surface area (Å²) in [4.78, 5) is 0. The molecule has 0 aliphatic carbocycles. The minimum absolute atomic E-state index is 0.0879. The number of ether oxygens (including phenoxy) is 4. The molecule has 2 N–H and O–H groups in total. The Morgan fingerprint density at radius 3 is 1.62 bits per heavy atom. The van der Waals surface area contributed by atoms with Gasteiger partial charge in [-0.3, -0.25) is 0 Å². The number of rotatable bonds is 10. The quantitative estimate of drug-likeness (QED) is 0.454. The molecular formula is C20H34O6. The van der Waals surface area contributed by atoms with Crippen molar-refractivity contribution in [1.29, 1.82) is 0 Å². The van der Waals surface area contributed by atoms with Crippen LogP contribution < -0.4 is 0 Å². The molecule has 2 rings (SSSR count). The van der Waals surface area contributed by atoms with E-state index < -0.39 is 12.2 Å². The second-order valence-electron chi connectivity index (χ2n) is 6.94. The van der Waals surface area contributed by atoms with Crippen molar-refractivity contribution in [2.45, 2.75) is 89.0 Å². The zero-order chi connectivity index (χ0) is 18.5. The number of hydrogen-bond donors (Lipinski definition) is 2. The van der Waals surface area contributed by atoms with Crippen LogP contribution in [-0.4, -0.2) is 61.4 Å². The molecule has 2 fully saturated rings.